The molecule has 0 aliphatic carbocycles. The van der Waals surface area contributed by atoms with Crippen molar-refractivity contribution in [3.8, 4) is 0 Å². The number of carbonyl (C=O) groups is 2. The number of para-hydroxylation sites is 1. The summed E-state index contributed by atoms with van der Waals surface area (Å²) in [6.07, 6.45) is 0.0754. The third kappa shape index (κ3) is 4.16. The molecule has 0 aliphatic heterocycles. The maximum Gasteiger partial charge on any atom is 0.243 e. The van der Waals surface area contributed by atoms with E-state index in [2.05, 4.69) is 15.6 Å². The predicted molar refractivity (Wildman–Crippen MR) is 104 cm³/mol. The first-order chi connectivity index (χ1) is 12.8. The lowest BCUT2D eigenvalue weighted by Crippen LogP contribution is -2.34. The summed E-state index contributed by atoms with van der Waals surface area (Å²) in [5, 5.41) is 6.14. The van der Waals surface area contributed by atoms with Crippen molar-refractivity contribution >= 4 is 28.4 Å². The molecule has 3 aromatic rings. The van der Waals surface area contributed by atoms with Crippen molar-refractivity contribution < 1.29 is 14.0 Å². The number of anilines is 1. The SMILES string of the molecule is Cc1cccc(C)c1NC(=O)CNC(=O)Cc1c(C)[nH]c2ccc(F)cc12. The van der Waals surface area contributed by atoms with Gasteiger partial charge in [0, 0.05) is 22.3 Å². The summed E-state index contributed by atoms with van der Waals surface area (Å²) >= 11 is 0. The summed E-state index contributed by atoms with van der Waals surface area (Å²) in [5.74, 6) is -0.932. The van der Waals surface area contributed by atoms with E-state index in [0.717, 1.165) is 33.6 Å². The smallest absolute Gasteiger partial charge is 0.243 e. The van der Waals surface area contributed by atoms with E-state index in [0.29, 0.717) is 5.39 Å². The number of amides is 2. The zero-order chi connectivity index (χ0) is 19.6. The van der Waals surface area contributed by atoms with E-state index < -0.39 is 0 Å². The zero-order valence-corrected chi connectivity index (χ0v) is 15.6. The Morgan fingerprint density at radius 3 is 2.44 bits per heavy atom. The number of H-pyrrole nitrogens is 1. The first-order valence-electron chi connectivity index (χ1n) is 8.74. The van der Waals surface area contributed by atoms with Crippen molar-refractivity contribution in [3.63, 3.8) is 0 Å². The van der Waals surface area contributed by atoms with Gasteiger partial charge in [0.2, 0.25) is 11.8 Å². The second-order valence-corrected chi connectivity index (χ2v) is 6.69. The Balaban J connectivity index is 1.63. The molecule has 0 atom stereocenters. The second-order valence-electron chi connectivity index (χ2n) is 6.69. The highest BCUT2D eigenvalue weighted by molar-refractivity contribution is 5.96. The molecule has 6 heteroatoms. The van der Waals surface area contributed by atoms with Crippen LogP contribution in [0, 0.1) is 26.6 Å². The number of carbonyl (C=O) groups excluding carboxylic acids is 2. The number of rotatable bonds is 5. The quantitative estimate of drug-likeness (QED) is 0.645. The Morgan fingerprint density at radius 1 is 1.04 bits per heavy atom. The lowest BCUT2D eigenvalue weighted by Gasteiger charge is -2.12. The minimum atomic E-state index is -0.351. The Kier molecular flexibility index (Phi) is 5.26. The van der Waals surface area contributed by atoms with Crippen LogP contribution >= 0.6 is 0 Å². The average molecular weight is 367 g/mol. The van der Waals surface area contributed by atoms with Crippen LogP contribution in [0.5, 0.6) is 0 Å². The second kappa shape index (κ2) is 7.61. The molecule has 0 fully saturated rings. The minimum Gasteiger partial charge on any atom is -0.358 e. The summed E-state index contributed by atoms with van der Waals surface area (Å²) < 4.78 is 13.5. The molecule has 0 saturated heterocycles. The van der Waals surface area contributed by atoms with Gasteiger partial charge in [-0.05, 0) is 55.7 Å². The summed E-state index contributed by atoms with van der Waals surface area (Å²) in [6.45, 7) is 5.55. The first kappa shape index (κ1) is 18.6. The third-order valence-electron chi connectivity index (χ3n) is 4.61. The predicted octanol–water partition coefficient (Wildman–Crippen LogP) is 3.53. The number of hydrogen-bond donors (Lipinski definition) is 3. The van der Waals surface area contributed by atoms with E-state index in [4.69, 9.17) is 0 Å². The van der Waals surface area contributed by atoms with E-state index in [9.17, 15) is 14.0 Å². The van der Waals surface area contributed by atoms with Crippen LogP contribution in [-0.4, -0.2) is 23.3 Å². The van der Waals surface area contributed by atoms with Crippen LogP contribution in [0.15, 0.2) is 36.4 Å². The van der Waals surface area contributed by atoms with Gasteiger partial charge in [0.15, 0.2) is 0 Å². The largest absolute Gasteiger partial charge is 0.358 e. The summed E-state index contributed by atoms with van der Waals surface area (Å²) in [5.41, 5.74) is 5.02. The first-order valence-corrected chi connectivity index (χ1v) is 8.74. The van der Waals surface area contributed by atoms with Gasteiger partial charge in [0.1, 0.15) is 5.82 Å². The summed E-state index contributed by atoms with van der Waals surface area (Å²) in [7, 11) is 0. The Bertz CT molecular complexity index is 1000. The van der Waals surface area contributed by atoms with Crippen LogP contribution in [0.3, 0.4) is 0 Å². The van der Waals surface area contributed by atoms with Gasteiger partial charge < -0.3 is 15.6 Å². The van der Waals surface area contributed by atoms with Crippen LogP contribution < -0.4 is 10.6 Å². The normalized spacial score (nSPS) is 10.8. The maximum absolute atomic E-state index is 13.5. The maximum atomic E-state index is 13.5. The van der Waals surface area contributed by atoms with Gasteiger partial charge in [0.25, 0.3) is 0 Å². The topological polar surface area (TPSA) is 74.0 Å². The number of aryl methyl sites for hydroxylation is 3. The molecule has 3 N–H and O–H groups in total. The van der Waals surface area contributed by atoms with E-state index in [1.54, 1.807) is 6.07 Å². The summed E-state index contributed by atoms with van der Waals surface area (Å²) in [4.78, 5) is 27.6. The summed E-state index contributed by atoms with van der Waals surface area (Å²) in [6, 6.07) is 10.2. The molecular weight excluding hydrogens is 345 g/mol. The lowest BCUT2D eigenvalue weighted by atomic mass is 10.1. The van der Waals surface area contributed by atoms with Crippen LogP contribution in [0.1, 0.15) is 22.4 Å². The molecule has 0 aliphatic rings. The number of aromatic nitrogens is 1. The molecule has 140 valence electrons. The fraction of sp³-hybridized carbons (Fsp3) is 0.238. The third-order valence-corrected chi connectivity index (χ3v) is 4.61. The minimum absolute atomic E-state index is 0.0754. The number of hydrogen-bond acceptors (Lipinski definition) is 2. The molecule has 2 aromatic carbocycles. The zero-order valence-electron chi connectivity index (χ0n) is 15.6. The van der Waals surface area contributed by atoms with Gasteiger partial charge in [-0.3, -0.25) is 9.59 Å². The van der Waals surface area contributed by atoms with Crippen LogP contribution in [0.25, 0.3) is 10.9 Å². The van der Waals surface area contributed by atoms with Gasteiger partial charge in [-0.1, -0.05) is 18.2 Å². The van der Waals surface area contributed by atoms with Crippen molar-refractivity contribution in [2.45, 2.75) is 27.2 Å². The molecule has 3 rings (SSSR count). The van der Waals surface area contributed by atoms with Crippen LogP contribution in [0.2, 0.25) is 0 Å². The lowest BCUT2D eigenvalue weighted by molar-refractivity contribution is -0.123. The van der Waals surface area contributed by atoms with Crippen LogP contribution in [-0.2, 0) is 16.0 Å². The highest BCUT2D eigenvalue weighted by Gasteiger charge is 2.14. The van der Waals surface area contributed by atoms with Crippen molar-refractivity contribution in [3.05, 3.63) is 64.6 Å². The van der Waals surface area contributed by atoms with Crippen molar-refractivity contribution in [1.29, 1.82) is 0 Å². The molecule has 0 unspecified atom stereocenters. The number of halogens is 1. The van der Waals surface area contributed by atoms with Crippen molar-refractivity contribution in [2.75, 3.05) is 11.9 Å². The van der Waals surface area contributed by atoms with E-state index >= 15 is 0 Å². The van der Waals surface area contributed by atoms with E-state index in [1.165, 1.54) is 12.1 Å². The number of nitrogens with one attached hydrogen (secondary N) is 3. The molecular formula is C21H22FN3O2. The van der Waals surface area contributed by atoms with Crippen LogP contribution in [0.4, 0.5) is 10.1 Å². The highest BCUT2D eigenvalue weighted by atomic mass is 19.1. The fourth-order valence-electron chi connectivity index (χ4n) is 3.18. The Morgan fingerprint density at radius 2 is 1.74 bits per heavy atom. The standard InChI is InChI=1S/C21H22FN3O2/c1-12-5-4-6-13(2)21(12)25-20(27)11-23-19(26)10-16-14(3)24-18-8-7-15(22)9-17(16)18/h4-9,24H,10-11H2,1-3H3,(H,23,26)(H,25,27). The molecule has 1 aromatic heterocycles. The van der Waals surface area contributed by atoms with Gasteiger partial charge in [0.05, 0.1) is 13.0 Å². The Hall–Kier alpha value is -3.15. The van der Waals surface area contributed by atoms with Crippen molar-refractivity contribution in [2.24, 2.45) is 0 Å². The highest BCUT2D eigenvalue weighted by Crippen LogP contribution is 2.23. The molecule has 0 radical (unpaired) electrons. The molecule has 0 bridgehead atoms. The number of fused-ring (bicyclic) bond motifs is 1. The number of aromatic amines is 1. The van der Waals surface area contributed by atoms with E-state index in [1.807, 2.05) is 39.0 Å². The van der Waals surface area contributed by atoms with Gasteiger partial charge >= 0.3 is 0 Å². The van der Waals surface area contributed by atoms with E-state index in [-0.39, 0.29) is 30.6 Å². The van der Waals surface area contributed by atoms with Gasteiger partial charge in [-0.15, -0.1) is 0 Å². The van der Waals surface area contributed by atoms with Gasteiger partial charge in [-0.25, -0.2) is 4.39 Å². The average Bonchev–Trinajstić information content (AvgIpc) is 2.92. The molecule has 0 saturated carbocycles. The molecule has 0 spiro atoms. The molecule has 1 heterocycles. The molecule has 2 amide bonds. The van der Waals surface area contributed by atoms with Crippen molar-refractivity contribution in [1.82, 2.24) is 10.3 Å². The fourth-order valence-corrected chi connectivity index (χ4v) is 3.18. The molecule has 27 heavy (non-hydrogen) atoms. The molecule has 5 nitrogen and oxygen atoms in total. The van der Waals surface area contributed by atoms with Gasteiger partial charge in [-0.2, -0.15) is 0 Å². The Labute approximate surface area is 157 Å². The number of benzene rings is 2. The monoisotopic (exact) mass is 367 g/mol.